The molecule has 3 heteroatoms. The molecule has 1 aromatic carbocycles. The Hall–Kier alpha value is -0.933. The van der Waals surface area contributed by atoms with E-state index in [1.54, 1.807) is 6.92 Å². The topological polar surface area (TPSA) is 26.3 Å². The molecule has 0 aliphatic carbocycles. The number of ketones is 1. The molecule has 18 heavy (non-hydrogen) atoms. The third-order valence-corrected chi connectivity index (χ3v) is 8.13. The molecule has 1 aromatic rings. The first-order chi connectivity index (χ1) is 8.15. The fraction of sp³-hybridized carbons (Fsp3) is 0.533. The molecule has 0 radical (unpaired) electrons. The van der Waals surface area contributed by atoms with Gasteiger partial charge in [0.2, 0.25) is 0 Å². The second-order valence-electron chi connectivity index (χ2n) is 6.28. The standard InChI is InChI=1S/C15H24O2Si/c1-12(16)14(13-10-8-7-9-11-13)17-18(5,6)15(2,3)4/h7-11,14H,1-6H3. The zero-order valence-electron chi connectivity index (χ0n) is 12.3. The Morgan fingerprint density at radius 2 is 1.67 bits per heavy atom. The predicted octanol–water partition coefficient (Wildman–Crippen LogP) is 4.34. The molecule has 0 spiro atoms. The summed E-state index contributed by atoms with van der Waals surface area (Å²) in [4.78, 5) is 11.8. The van der Waals surface area contributed by atoms with Crippen LogP contribution in [0.3, 0.4) is 0 Å². The highest BCUT2D eigenvalue weighted by atomic mass is 28.4. The normalized spacial score (nSPS) is 14.3. The van der Waals surface area contributed by atoms with Gasteiger partial charge in [-0.1, -0.05) is 51.1 Å². The van der Waals surface area contributed by atoms with Crippen molar-refractivity contribution in [3.63, 3.8) is 0 Å². The third kappa shape index (κ3) is 3.53. The number of carbonyl (C=O) groups is 1. The molecule has 0 saturated heterocycles. The highest BCUT2D eigenvalue weighted by molar-refractivity contribution is 6.74. The monoisotopic (exact) mass is 264 g/mol. The van der Waals surface area contributed by atoms with Gasteiger partial charge in [0.05, 0.1) is 0 Å². The Morgan fingerprint density at radius 3 is 2.06 bits per heavy atom. The van der Waals surface area contributed by atoms with Gasteiger partial charge in [-0.2, -0.15) is 0 Å². The molecule has 0 N–H and O–H groups in total. The first kappa shape index (κ1) is 15.1. The van der Waals surface area contributed by atoms with Crippen LogP contribution >= 0.6 is 0 Å². The molecular formula is C15H24O2Si. The van der Waals surface area contributed by atoms with Crippen LogP contribution in [0.4, 0.5) is 0 Å². The minimum Gasteiger partial charge on any atom is -0.403 e. The van der Waals surface area contributed by atoms with Crippen LogP contribution in [0.5, 0.6) is 0 Å². The Bertz CT molecular complexity index is 404. The zero-order chi connectivity index (χ0) is 14.0. The molecular weight excluding hydrogens is 240 g/mol. The number of hydrogen-bond acceptors (Lipinski definition) is 2. The van der Waals surface area contributed by atoms with E-state index < -0.39 is 14.4 Å². The lowest BCUT2D eigenvalue weighted by molar-refractivity contribution is -0.124. The largest absolute Gasteiger partial charge is 0.403 e. The van der Waals surface area contributed by atoms with Gasteiger partial charge in [-0.05, 0) is 30.6 Å². The van der Waals surface area contributed by atoms with E-state index in [1.165, 1.54) is 0 Å². The molecule has 2 nitrogen and oxygen atoms in total. The summed E-state index contributed by atoms with van der Waals surface area (Å²) in [5.74, 6) is 0.0750. The Kier molecular flexibility index (Phi) is 4.51. The molecule has 0 amide bonds. The number of benzene rings is 1. The van der Waals surface area contributed by atoms with Crippen molar-refractivity contribution in [2.45, 2.75) is 51.9 Å². The van der Waals surface area contributed by atoms with Gasteiger partial charge in [-0.25, -0.2) is 0 Å². The lowest BCUT2D eigenvalue weighted by atomic mass is 10.1. The van der Waals surface area contributed by atoms with E-state index in [2.05, 4.69) is 33.9 Å². The van der Waals surface area contributed by atoms with Gasteiger partial charge < -0.3 is 4.43 Å². The molecule has 1 unspecified atom stereocenters. The zero-order valence-corrected chi connectivity index (χ0v) is 13.3. The maximum Gasteiger partial charge on any atom is 0.193 e. The number of carbonyl (C=O) groups excluding carboxylic acids is 1. The summed E-state index contributed by atoms with van der Waals surface area (Å²) in [6, 6.07) is 9.76. The fourth-order valence-corrected chi connectivity index (χ4v) is 2.73. The summed E-state index contributed by atoms with van der Waals surface area (Å²) in [5, 5.41) is 0.107. The highest BCUT2D eigenvalue weighted by Gasteiger charge is 2.40. The van der Waals surface area contributed by atoms with Crippen molar-refractivity contribution in [2.24, 2.45) is 0 Å². The molecule has 0 saturated carbocycles. The predicted molar refractivity (Wildman–Crippen MR) is 78.1 cm³/mol. The van der Waals surface area contributed by atoms with Gasteiger partial charge in [0.25, 0.3) is 0 Å². The highest BCUT2D eigenvalue weighted by Crippen LogP contribution is 2.39. The van der Waals surface area contributed by atoms with E-state index in [1.807, 2.05) is 30.3 Å². The fourth-order valence-electron chi connectivity index (χ4n) is 1.48. The number of hydrogen-bond donors (Lipinski definition) is 0. The Balaban J connectivity index is 3.00. The van der Waals surface area contributed by atoms with Crippen LogP contribution in [0.15, 0.2) is 30.3 Å². The second-order valence-corrected chi connectivity index (χ2v) is 11.0. The van der Waals surface area contributed by atoms with E-state index >= 15 is 0 Å². The van der Waals surface area contributed by atoms with Gasteiger partial charge in [0, 0.05) is 0 Å². The van der Waals surface area contributed by atoms with Crippen molar-refractivity contribution >= 4 is 14.1 Å². The SMILES string of the molecule is CC(=O)C(O[Si](C)(C)C(C)(C)C)c1ccccc1. The quantitative estimate of drug-likeness (QED) is 0.756. The maximum absolute atomic E-state index is 11.8. The van der Waals surface area contributed by atoms with Crippen LogP contribution in [0.2, 0.25) is 18.1 Å². The second kappa shape index (κ2) is 5.37. The van der Waals surface area contributed by atoms with E-state index in [9.17, 15) is 4.79 Å². The van der Waals surface area contributed by atoms with Gasteiger partial charge in [-0.15, -0.1) is 0 Å². The summed E-state index contributed by atoms with van der Waals surface area (Å²) in [6.07, 6.45) is -0.424. The molecule has 1 atom stereocenters. The van der Waals surface area contributed by atoms with Crippen molar-refractivity contribution < 1.29 is 9.22 Å². The molecule has 0 heterocycles. The summed E-state index contributed by atoms with van der Waals surface area (Å²) in [6.45, 7) is 12.5. The lowest BCUT2D eigenvalue weighted by Crippen LogP contribution is -2.43. The van der Waals surface area contributed by atoms with Crippen molar-refractivity contribution in [2.75, 3.05) is 0 Å². The first-order valence-electron chi connectivity index (χ1n) is 6.38. The van der Waals surface area contributed by atoms with Crippen LogP contribution in [0, 0.1) is 0 Å². The van der Waals surface area contributed by atoms with Crippen molar-refractivity contribution in [1.82, 2.24) is 0 Å². The summed E-state index contributed by atoms with van der Waals surface area (Å²) in [7, 11) is -1.93. The van der Waals surface area contributed by atoms with E-state index in [4.69, 9.17) is 4.43 Å². The maximum atomic E-state index is 11.8. The third-order valence-electron chi connectivity index (χ3n) is 3.69. The summed E-state index contributed by atoms with van der Waals surface area (Å²) in [5.41, 5.74) is 0.954. The molecule has 0 aliphatic heterocycles. The molecule has 0 aromatic heterocycles. The van der Waals surface area contributed by atoms with Crippen molar-refractivity contribution in [3.8, 4) is 0 Å². The van der Waals surface area contributed by atoms with Gasteiger partial charge >= 0.3 is 0 Å². The van der Waals surface area contributed by atoms with Crippen LogP contribution in [-0.4, -0.2) is 14.1 Å². The van der Waals surface area contributed by atoms with E-state index in [-0.39, 0.29) is 10.8 Å². The lowest BCUT2D eigenvalue weighted by Gasteiger charge is -2.38. The average molecular weight is 264 g/mol. The van der Waals surface area contributed by atoms with Crippen LogP contribution in [0.25, 0.3) is 0 Å². The molecule has 1 rings (SSSR count). The first-order valence-corrected chi connectivity index (χ1v) is 9.29. The van der Waals surface area contributed by atoms with E-state index in [0.717, 1.165) is 5.56 Å². The van der Waals surface area contributed by atoms with Gasteiger partial charge in [0.1, 0.15) is 6.10 Å². The van der Waals surface area contributed by atoms with Crippen LogP contribution in [-0.2, 0) is 9.22 Å². The number of rotatable bonds is 4. The van der Waals surface area contributed by atoms with Gasteiger partial charge in [-0.3, -0.25) is 4.79 Å². The van der Waals surface area contributed by atoms with E-state index in [0.29, 0.717) is 0 Å². The minimum atomic E-state index is -1.93. The summed E-state index contributed by atoms with van der Waals surface area (Å²) < 4.78 is 6.24. The minimum absolute atomic E-state index is 0.0750. The van der Waals surface area contributed by atoms with Crippen LogP contribution < -0.4 is 0 Å². The molecule has 0 aliphatic rings. The van der Waals surface area contributed by atoms with Crippen molar-refractivity contribution in [1.29, 1.82) is 0 Å². The molecule has 0 fully saturated rings. The van der Waals surface area contributed by atoms with Crippen molar-refractivity contribution in [3.05, 3.63) is 35.9 Å². The smallest absolute Gasteiger partial charge is 0.193 e. The average Bonchev–Trinajstić information content (AvgIpc) is 2.25. The summed E-state index contributed by atoms with van der Waals surface area (Å²) >= 11 is 0. The Labute approximate surface area is 111 Å². The number of Topliss-reactive ketones (excluding diaryl/α,β-unsaturated/α-hetero) is 1. The van der Waals surface area contributed by atoms with Gasteiger partial charge in [0.15, 0.2) is 14.1 Å². The molecule has 100 valence electrons. The Morgan fingerprint density at radius 1 is 1.17 bits per heavy atom. The van der Waals surface area contributed by atoms with Crippen LogP contribution in [0.1, 0.15) is 39.4 Å². The molecule has 0 bridgehead atoms.